The second kappa shape index (κ2) is 2.82. The molecule has 1 saturated heterocycles. The average molecular weight is 141 g/mol. The molecule has 10 heavy (non-hydrogen) atoms. The van der Waals surface area contributed by atoms with Crippen LogP contribution in [-0.4, -0.2) is 18.2 Å². The van der Waals surface area contributed by atoms with Crippen molar-refractivity contribution in [3.8, 4) is 0 Å². The molecule has 1 rings (SSSR count). The lowest BCUT2D eigenvalue weighted by Gasteiger charge is -2.18. The summed E-state index contributed by atoms with van der Waals surface area (Å²) in [5.41, 5.74) is 0. The van der Waals surface area contributed by atoms with Crippen molar-refractivity contribution in [1.82, 2.24) is 5.32 Å². The summed E-state index contributed by atoms with van der Waals surface area (Å²) in [5.74, 6) is 0.120. The number of carbonyl (C=O) groups is 2. The van der Waals surface area contributed by atoms with Crippen LogP contribution in [0.25, 0.3) is 0 Å². The van der Waals surface area contributed by atoms with Gasteiger partial charge < -0.3 is 5.32 Å². The van der Waals surface area contributed by atoms with E-state index in [-0.39, 0.29) is 17.6 Å². The fraction of sp³-hybridized carbons (Fsp3) is 0.714. The standard InChI is InChI=1S/C7H11NO2/c1-5(9)6-2-3-8-7(10)4-6/h6H,2-4H2,1H3,(H,8,10)/t6-/m0/s1. The number of piperidine rings is 1. The van der Waals surface area contributed by atoms with Gasteiger partial charge in [0, 0.05) is 18.9 Å². The lowest BCUT2D eigenvalue weighted by molar-refractivity contribution is -0.130. The zero-order valence-electron chi connectivity index (χ0n) is 6.02. The maximum atomic E-state index is 10.8. The van der Waals surface area contributed by atoms with Crippen molar-refractivity contribution in [3.63, 3.8) is 0 Å². The molecule has 1 aliphatic heterocycles. The highest BCUT2D eigenvalue weighted by Crippen LogP contribution is 2.12. The Bertz CT molecular complexity index is 163. The van der Waals surface area contributed by atoms with Gasteiger partial charge in [0.15, 0.2) is 0 Å². The zero-order chi connectivity index (χ0) is 7.56. The van der Waals surface area contributed by atoms with Gasteiger partial charge in [-0.25, -0.2) is 0 Å². The largest absolute Gasteiger partial charge is 0.356 e. The van der Waals surface area contributed by atoms with Crippen molar-refractivity contribution in [1.29, 1.82) is 0 Å². The van der Waals surface area contributed by atoms with Crippen molar-refractivity contribution < 1.29 is 9.59 Å². The number of hydrogen-bond acceptors (Lipinski definition) is 2. The van der Waals surface area contributed by atoms with Crippen LogP contribution in [0.3, 0.4) is 0 Å². The van der Waals surface area contributed by atoms with Gasteiger partial charge in [-0.15, -0.1) is 0 Å². The van der Waals surface area contributed by atoms with Crippen molar-refractivity contribution in [2.75, 3.05) is 6.54 Å². The van der Waals surface area contributed by atoms with E-state index in [1.165, 1.54) is 0 Å². The van der Waals surface area contributed by atoms with Gasteiger partial charge in [0.25, 0.3) is 0 Å². The van der Waals surface area contributed by atoms with Crippen molar-refractivity contribution >= 4 is 11.7 Å². The topological polar surface area (TPSA) is 46.2 Å². The summed E-state index contributed by atoms with van der Waals surface area (Å²) in [7, 11) is 0. The molecule has 0 aliphatic carbocycles. The number of carbonyl (C=O) groups excluding carboxylic acids is 2. The number of ketones is 1. The summed E-state index contributed by atoms with van der Waals surface area (Å²) in [6.45, 7) is 2.20. The normalized spacial score (nSPS) is 25.7. The summed E-state index contributed by atoms with van der Waals surface area (Å²) in [6.07, 6.45) is 1.19. The predicted molar refractivity (Wildman–Crippen MR) is 36.4 cm³/mol. The molecule has 1 aliphatic rings. The first-order valence-corrected chi connectivity index (χ1v) is 3.47. The molecular formula is C7H11NO2. The molecule has 3 nitrogen and oxygen atoms in total. The highest BCUT2D eigenvalue weighted by Gasteiger charge is 2.21. The van der Waals surface area contributed by atoms with Gasteiger partial charge in [0.05, 0.1) is 0 Å². The van der Waals surface area contributed by atoms with Crippen LogP contribution in [0.15, 0.2) is 0 Å². The van der Waals surface area contributed by atoms with E-state index in [0.29, 0.717) is 13.0 Å². The molecule has 1 N–H and O–H groups in total. The van der Waals surface area contributed by atoms with Crippen LogP contribution >= 0.6 is 0 Å². The van der Waals surface area contributed by atoms with Gasteiger partial charge >= 0.3 is 0 Å². The van der Waals surface area contributed by atoms with Gasteiger partial charge in [0.1, 0.15) is 5.78 Å². The summed E-state index contributed by atoms with van der Waals surface area (Å²) < 4.78 is 0. The Labute approximate surface area is 59.8 Å². The number of hydrogen-bond donors (Lipinski definition) is 1. The summed E-state index contributed by atoms with van der Waals surface area (Å²) in [4.78, 5) is 21.5. The molecule has 0 unspecified atom stereocenters. The Morgan fingerprint density at radius 3 is 2.80 bits per heavy atom. The summed E-state index contributed by atoms with van der Waals surface area (Å²) in [5, 5.41) is 2.68. The number of rotatable bonds is 1. The van der Waals surface area contributed by atoms with E-state index in [1.54, 1.807) is 6.92 Å². The zero-order valence-corrected chi connectivity index (χ0v) is 6.02. The molecule has 0 aromatic heterocycles. The third-order valence-electron chi connectivity index (χ3n) is 1.82. The first-order valence-electron chi connectivity index (χ1n) is 3.47. The number of Topliss-reactive ketones (excluding diaryl/α,β-unsaturated/α-hetero) is 1. The fourth-order valence-corrected chi connectivity index (χ4v) is 1.13. The van der Waals surface area contributed by atoms with Crippen molar-refractivity contribution in [3.05, 3.63) is 0 Å². The van der Waals surface area contributed by atoms with Gasteiger partial charge in [-0.3, -0.25) is 9.59 Å². The van der Waals surface area contributed by atoms with Crippen molar-refractivity contribution in [2.24, 2.45) is 5.92 Å². The Hall–Kier alpha value is -0.860. The second-order valence-electron chi connectivity index (χ2n) is 2.65. The van der Waals surface area contributed by atoms with E-state index in [0.717, 1.165) is 6.42 Å². The SMILES string of the molecule is CC(=O)[C@H]1CCNC(=O)C1. The van der Waals surface area contributed by atoms with E-state index in [1.807, 2.05) is 0 Å². The van der Waals surface area contributed by atoms with Gasteiger partial charge in [-0.2, -0.15) is 0 Å². The van der Waals surface area contributed by atoms with Crippen LogP contribution < -0.4 is 5.32 Å². The average Bonchev–Trinajstić information content (AvgIpc) is 1.88. The molecule has 1 amide bonds. The lowest BCUT2D eigenvalue weighted by Crippen LogP contribution is -2.35. The fourth-order valence-electron chi connectivity index (χ4n) is 1.13. The molecular weight excluding hydrogens is 130 g/mol. The molecule has 1 heterocycles. The van der Waals surface area contributed by atoms with Crippen LogP contribution in [0.2, 0.25) is 0 Å². The van der Waals surface area contributed by atoms with E-state index >= 15 is 0 Å². The third kappa shape index (κ3) is 1.56. The smallest absolute Gasteiger partial charge is 0.220 e. The molecule has 56 valence electrons. The minimum atomic E-state index is -0.0197. The minimum Gasteiger partial charge on any atom is -0.356 e. The molecule has 0 bridgehead atoms. The predicted octanol–water partition coefficient (Wildman–Crippen LogP) is 0.102. The molecule has 0 radical (unpaired) electrons. The number of nitrogens with one attached hydrogen (secondary N) is 1. The maximum absolute atomic E-state index is 10.8. The van der Waals surface area contributed by atoms with E-state index in [9.17, 15) is 9.59 Å². The van der Waals surface area contributed by atoms with Gasteiger partial charge in [-0.05, 0) is 13.3 Å². The Balaban J connectivity index is 2.47. The highest BCUT2D eigenvalue weighted by molar-refractivity contribution is 5.86. The molecule has 0 spiro atoms. The van der Waals surface area contributed by atoms with Crippen LogP contribution in [0.5, 0.6) is 0 Å². The van der Waals surface area contributed by atoms with Crippen molar-refractivity contribution in [2.45, 2.75) is 19.8 Å². The Morgan fingerprint density at radius 2 is 2.40 bits per heavy atom. The summed E-state index contributed by atoms with van der Waals surface area (Å²) in [6, 6.07) is 0. The van der Waals surface area contributed by atoms with Crippen LogP contribution in [0, 0.1) is 5.92 Å². The van der Waals surface area contributed by atoms with E-state index in [4.69, 9.17) is 0 Å². The molecule has 3 heteroatoms. The molecule has 1 atom stereocenters. The molecule has 0 aromatic carbocycles. The lowest BCUT2D eigenvalue weighted by atomic mass is 9.94. The molecule has 1 fully saturated rings. The number of amides is 1. The Kier molecular flexibility index (Phi) is 2.04. The molecule has 0 aromatic rings. The highest BCUT2D eigenvalue weighted by atomic mass is 16.2. The van der Waals surface area contributed by atoms with Crippen LogP contribution in [0.1, 0.15) is 19.8 Å². The first kappa shape index (κ1) is 7.25. The second-order valence-corrected chi connectivity index (χ2v) is 2.65. The van der Waals surface area contributed by atoms with Gasteiger partial charge in [0.2, 0.25) is 5.91 Å². The van der Waals surface area contributed by atoms with Gasteiger partial charge in [-0.1, -0.05) is 0 Å². The first-order chi connectivity index (χ1) is 4.70. The Morgan fingerprint density at radius 1 is 1.70 bits per heavy atom. The van der Waals surface area contributed by atoms with Crippen LogP contribution in [-0.2, 0) is 9.59 Å². The monoisotopic (exact) mass is 141 g/mol. The summed E-state index contributed by atoms with van der Waals surface area (Å²) >= 11 is 0. The quantitative estimate of drug-likeness (QED) is 0.563. The maximum Gasteiger partial charge on any atom is 0.220 e. The van der Waals surface area contributed by atoms with E-state index in [2.05, 4.69) is 5.32 Å². The third-order valence-corrected chi connectivity index (χ3v) is 1.82. The van der Waals surface area contributed by atoms with Crippen LogP contribution in [0.4, 0.5) is 0 Å². The van der Waals surface area contributed by atoms with E-state index < -0.39 is 0 Å². The molecule has 0 saturated carbocycles. The minimum absolute atomic E-state index is 0.00597.